The molecule has 1 heterocycles. The number of nitrogens with one attached hydrogen (secondary N) is 1. The molecule has 0 fully saturated rings. The molecule has 0 bridgehead atoms. The van der Waals surface area contributed by atoms with Crippen LogP contribution >= 0.6 is 0 Å². The van der Waals surface area contributed by atoms with Gasteiger partial charge in [-0.2, -0.15) is 0 Å². The fourth-order valence-corrected chi connectivity index (χ4v) is 2.29. The first-order valence-electron chi connectivity index (χ1n) is 6.72. The summed E-state index contributed by atoms with van der Waals surface area (Å²) in [6.45, 7) is 7.60. The second-order valence-corrected chi connectivity index (χ2v) is 5.52. The molecule has 2 N–H and O–H groups in total. The maximum atomic E-state index is 9.90. The van der Waals surface area contributed by atoms with Gasteiger partial charge in [0.05, 0.1) is 12.7 Å². The van der Waals surface area contributed by atoms with Crippen molar-refractivity contribution in [3.05, 3.63) is 29.8 Å². The highest BCUT2D eigenvalue weighted by Gasteiger charge is 2.27. The van der Waals surface area contributed by atoms with Crippen LogP contribution in [0.3, 0.4) is 0 Å². The lowest BCUT2D eigenvalue weighted by Gasteiger charge is -2.33. The van der Waals surface area contributed by atoms with Crippen molar-refractivity contribution in [2.45, 2.75) is 32.9 Å². The molecular formula is C15H23NO2. The van der Waals surface area contributed by atoms with Crippen molar-refractivity contribution in [2.24, 2.45) is 11.8 Å². The third-order valence-corrected chi connectivity index (χ3v) is 3.64. The molecule has 1 aromatic carbocycles. The Hall–Kier alpha value is -1.06. The number of rotatable bonds is 4. The zero-order valence-corrected chi connectivity index (χ0v) is 11.4. The number of para-hydroxylation sites is 1. The van der Waals surface area contributed by atoms with Crippen molar-refractivity contribution in [3.8, 4) is 5.75 Å². The summed E-state index contributed by atoms with van der Waals surface area (Å²) in [5, 5.41) is 13.4. The van der Waals surface area contributed by atoms with Crippen molar-refractivity contribution in [3.63, 3.8) is 0 Å². The summed E-state index contributed by atoms with van der Waals surface area (Å²) >= 11 is 0. The maximum absolute atomic E-state index is 9.90. The van der Waals surface area contributed by atoms with Crippen LogP contribution in [0.15, 0.2) is 24.3 Å². The highest BCUT2D eigenvalue weighted by Crippen LogP contribution is 2.34. The van der Waals surface area contributed by atoms with Crippen LogP contribution in [0.1, 0.15) is 32.4 Å². The number of fused-ring (bicyclic) bond motifs is 1. The Bertz CT molecular complexity index is 392. The minimum absolute atomic E-state index is 0.267. The number of hydrogen-bond acceptors (Lipinski definition) is 3. The summed E-state index contributed by atoms with van der Waals surface area (Å²) in [4.78, 5) is 0. The normalized spacial score (nSPS) is 24.5. The van der Waals surface area contributed by atoms with E-state index in [0.717, 1.165) is 12.4 Å². The van der Waals surface area contributed by atoms with Crippen LogP contribution in [0.2, 0.25) is 0 Å². The number of aliphatic hydroxyl groups is 1. The van der Waals surface area contributed by atoms with Crippen molar-refractivity contribution >= 4 is 0 Å². The molecule has 0 spiro atoms. The second-order valence-electron chi connectivity index (χ2n) is 5.52. The van der Waals surface area contributed by atoms with E-state index in [-0.39, 0.29) is 18.1 Å². The Labute approximate surface area is 109 Å². The first-order chi connectivity index (χ1) is 8.59. The Kier molecular flexibility index (Phi) is 4.25. The molecule has 3 atom stereocenters. The van der Waals surface area contributed by atoms with E-state index in [1.165, 1.54) is 5.56 Å². The van der Waals surface area contributed by atoms with Gasteiger partial charge in [0.25, 0.3) is 0 Å². The average molecular weight is 249 g/mol. The van der Waals surface area contributed by atoms with Crippen LogP contribution in [-0.4, -0.2) is 24.4 Å². The van der Waals surface area contributed by atoms with Gasteiger partial charge in [-0.1, -0.05) is 39.0 Å². The Morgan fingerprint density at radius 3 is 2.83 bits per heavy atom. The van der Waals surface area contributed by atoms with Crippen molar-refractivity contribution in [1.29, 1.82) is 0 Å². The fourth-order valence-electron chi connectivity index (χ4n) is 2.29. The smallest absolute Gasteiger partial charge is 0.124 e. The van der Waals surface area contributed by atoms with E-state index in [1.807, 2.05) is 32.0 Å². The molecule has 0 aromatic heterocycles. The van der Waals surface area contributed by atoms with Gasteiger partial charge in [-0.05, 0) is 12.0 Å². The van der Waals surface area contributed by atoms with Gasteiger partial charge in [-0.25, -0.2) is 0 Å². The fraction of sp³-hybridized carbons (Fsp3) is 0.600. The standard InChI is InChI=1S/C15H23NO2/c1-10(2)13(17)8-16-15-11(3)9-18-14-7-5-4-6-12(14)15/h4-7,10-11,13,15-17H,8-9H2,1-3H3. The van der Waals surface area contributed by atoms with Crippen LogP contribution in [0.25, 0.3) is 0 Å². The monoisotopic (exact) mass is 249 g/mol. The van der Waals surface area contributed by atoms with Crippen molar-refractivity contribution in [2.75, 3.05) is 13.2 Å². The van der Waals surface area contributed by atoms with E-state index in [4.69, 9.17) is 4.74 Å². The second kappa shape index (κ2) is 5.72. The summed E-state index contributed by atoms with van der Waals surface area (Å²) in [7, 11) is 0. The predicted molar refractivity (Wildman–Crippen MR) is 72.7 cm³/mol. The van der Waals surface area contributed by atoms with Gasteiger partial charge in [-0.3, -0.25) is 0 Å². The molecule has 3 nitrogen and oxygen atoms in total. The van der Waals surface area contributed by atoms with Gasteiger partial charge in [-0.15, -0.1) is 0 Å². The van der Waals surface area contributed by atoms with Crippen LogP contribution in [0.4, 0.5) is 0 Å². The number of aliphatic hydroxyl groups excluding tert-OH is 1. The van der Waals surface area contributed by atoms with E-state index in [2.05, 4.69) is 18.3 Å². The van der Waals surface area contributed by atoms with E-state index < -0.39 is 0 Å². The molecule has 18 heavy (non-hydrogen) atoms. The molecular weight excluding hydrogens is 226 g/mol. The van der Waals surface area contributed by atoms with Gasteiger partial charge in [0.1, 0.15) is 5.75 Å². The minimum Gasteiger partial charge on any atom is -0.493 e. The molecule has 2 rings (SSSR count). The third kappa shape index (κ3) is 2.85. The summed E-state index contributed by atoms with van der Waals surface area (Å²) in [6.07, 6.45) is -0.299. The molecule has 0 aliphatic carbocycles. The van der Waals surface area contributed by atoms with E-state index in [9.17, 15) is 5.11 Å². The van der Waals surface area contributed by atoms with Crippen LogP contribution < -0.4 is 10.1 Å². The maximum Gasteiger partial charge on any atom is 0.124 e. The molecule has 3 unspecified atom stereocenters. The Morgan fingerprint density at radius 2 is 2.11 bits per heavy atom. The highest BCUT2D eigenvalue weighted by molar-refractivity contribution is 5.37. The molecule has 0 radical (unpaired) electrons. The Morgan fingerprint density at radius 1 is 1.39 bits per heavy atom. The summed E-state index contributed by atoms with van der Waals surface area (Å²) < 4.78 is 5.72. The third-order valence-electron chi connectivity index (χ3n) is 3.64. The van der Waals surface area contributed by atoms with Gasteiger partial charge >= 0.3 is 0 Å². The lowest BCUT2D eigenvalue weighted by molar-refractivity contribution is 0.109. The SMILES string of the molecule is CC(C)C(O)CNC1c2ccccc2OCC1C. The first-order valence-corrected chi connectivity index (χ1v) is 6.72. The van der Waals surface area contributed by atoms with Gasteiger partial charge in [0, 0.05) is 24.1 Å². The molecule has 1 aliphatic rings. The largest absolute Gasteiger partial charge is 0.493 e. The van der Waals surface area contributed by atoms with E-state index in [1.54, 1.807) is 0 Å². The van der Waals surface area contributed by atoms with Gasteiger partial charge in [0.15, 0.2) is 0 Å². The molecule has 0 amide bonds. The highest BCUT2D eigenvalue weighted by atomic mass is 16.5. The van der Waals surface area contributed by atoms with Crippen LogP contribution in [0, 0.1) is 11.8 Å². The summed E-state index contributed by atoms with van der Waals surface area (Å²) in [6, 6.07) is 8.41. The molecule has 0 saturated carbocycles. The van der Waals surface area contributed by atoms with Crippen LogP contribution in [-0.2, 0) is 0 Å². The lowest BCUT2D eigenvalue weighted by Crippen LogP contribution is -2.39. The number of benzene rings is 1. The number of ether oxygens (including phenoxy) is 1. The van der Waals surface area contributed by atoms with E-state index in [0.29, 0.717) is 12.5 Å². The zero-order chi connectivity index (χ0) is 13.1. The first kappa shape index (κ1) is 13.4. The molecule has 1 aliphatic heterocycles. The van der Waals surface area contributed by atoms with Crippen LogP contribution in [0.5, 0.6) is 5.75 Å². The summed E-state index contributed by atoms with van der Waals surface area (Å²) in [5.41, 5.74) is 1.20. The minimum atomic E-state index is -0.299. The number of hydrogen-bond donors (Lipinski definition) is 2. The predicted octanol–water partition coefficient (Wildman–Crippen LogP) is 2.36. The van der Waals surface area contributed by atoms with E-state index >= 15 is 0 Å². The average Bonchev–Trinajstić information content (AvgIpc) is 2.37. The molecule has 1 aromatic rings. The molecule has 100 valence electrons. The van der Waals surface area contributed by atoms with Crippen molar-refractivity contribution < 1.29 is 9.84 Å². The molecule has 0 saturated heterocycles. The quantitative estimate of drug-likeness (QED) is 0.860. The Balaban J connectivity index is 2.07. The lowest BCUT2D eigenvalue weighted by atomic mass is 9.91. The van der Waals surface area contributed by atoms with Gasteiger partial charge in [0.2, 0.25) is 0 Å². The molecule has 3 heteroatoms. The van der Waals surface area contributed by atoms with Gasteiger partial charge < -0.3 is 15.2 Å². The zero-order valence-electron chi connectivity index (χ0n) is 11.4. The summed E-state index contributed by atoms with van der Waals surface area (Å²) in [5.74, 6) is 1.66. The van der Waals surface area contributed by atoms with Crippen molar-refractivity contribution in [1.82, 2.24) is 5.32 Å². The topological polar surface area (TPSA) is 41.5 Å².